The van der Waals surface area contributed by atoms with Gasteiger partial charge >= 0.3 is 6.09 Å². The van der Waals surface area contributed by atoms with Gasteiger partial charge in [0.05, 0.1) is 24.9 Å². The number of hydrogen-bond donors (Lipinski definition) is 3. The van der Waals surface area contributed by atoms with E-state index in [0.29, 0.717) is 19.4 Å². The van der Waals surface area contributed by atoms with Crippen molar-refractivity contribution in [3.05, 3.63) is 0 Å². The number of hydrogen-bond acceptors (Lipinski definition) is 3. The molecular weight excluding hydrogens is 174 g/mol. The van der Waals surface area contributed by atoms with Gasteiger partial charge in [0, 0.05) is 6.42 Å². The summed E-state index contributed by atoms with van der Waals surface area (Å²) < 4.78 is 5.24. The van der Waals surface area contributed by atoms with E-state index < -0.39 is 12.2 Å². The third-order valence-electron chi connectivity index (χ3n) is 2.20. The second-order valence-electron chi connectivity index (χ2n) is 3.23. The number of aliphatic hydroxyl groups is 1. The third-order valence-corrected chi connectivity index (χ3v) is 2.20. The van der Waals surface area contributed by atoms with Gasteiger partial charge in [0.15, 0.2) is 0 Å². The van der Waals surface area contributed by atoms with Crippen LogP contribution < -0.4 is 5.32 Å². The number of ether oxygens (including phenoxy) is 1. The molecule has 0 aromatic heterocycles. The number of rotatable bonds is 3. The maximum absolute atomic E-state index is 10.4. The van der Waals surface area contributed by atoms with Gasteiger partial charge in [0.1, 0.15) is 0 Å². The van der Waals surface area contributed by atoms with Crippen molar-refractivity contribution in [2.24, 2.45) is 0 Å². The fourth-order valence-electron chi connectivity index (χ4n) is 1.54. The van der Waals surface area contributed by atoms with Gasteiger partial charge in [0.2, 0.25) is 0 Å². The van der Waals surface area contributed by atoms with Gasteiger partial charge in [-0.15, -0.1) is 0 Å². The molecule has 1 heterocycles. The lowest BCUT2D eigenvalue weighted by Gasteiger charge is -2.20. The fraction of sp³-hybridized carbons (Fsp3) is 0.875. The number of aliphatic hydroxyl groups excluding tert-OH is 1. The molecule has 1 fully saturated rings. The highest BCUT2D eigenvalue weighted by atomic mass is 16.5. The van der Waals surface area contributed by atoms with Crippen LogP contribution >= 0.6 is 0 Å². The molecule has 1 rings (SSSR count). The van der Waals surface area contributed by atoms with Crippen LogP contribution in [-0.4, -0.2) is 41.2 Å². The van der Waals surface area contributed by atoms with Gasteiger partial charge in [-0.05, 0) is 6.42 Å². The SMILES string of the molecule is CCC(NC(=O)O)[C@@H]1C[C@H](O)CO1. The molecule has 3 N–H and O–H groups in total. The predicted molar refractivity (Wildman–Crippen MR) is 45.6 cm³/mol. The molecular formula is C8H15NO4. The molecule has 0 aromatic rings. The van der Waals surface area contributed by atoms with Crippen molar-refractivity contribution in [1.82, 2.24) is 5.32 Å². The molecule has 76 valence electrons. The monoisotopic (exact) mass is 189 g/mol. The van der Waals surface area contributed by atoms with Gasteiger partial charge in [-0.25, -0.2) is 4.79 Å². The van der Waals surface area contributed by atoms with Crippen LogP contribution in [0.2, 0.25) is 0 Å². The summed E-state index contributed by atoms with van der Waals surface area (Å²) in [4.78, 5) is 10.4. The molecule has 5 heteroatoms. The van der Waals surface area contributed by atoms with Gasteiger partial charge in [-0.1, -0.05) is 6.92 Å². The van der Waals surface area contributed by atoms with Crippen molar-refractivity contribution in [3.63, 3.8) is 0 Å². The largest absolute Gasteiger partial charge is 0.465 e. The van der Waals surface area contributed by atoms with Crippen molar-refractivity contribution in [2.75, 3.05) is 6.61 Å². The van der Waals surface area contributed by atoms with E-state index in [4.69, 9.17) is 9.84 Å². The maximum atomic E-state index is 10.4. The van der Waals surface area contributed by atoms with Crippen LogP contribution in [0.3, 0.4) is 0 Å². The highest BCUT2D eigenvalue weighted by Gasteiger charge is 2.30. The Morgan fingerprint density at radius 2 is 2.46 bits per heavy atom. The molecule has 0 saturated carbocycles. The van der Waals surface area contributed by atoms with E-state index in [2.05, 4.69) is 5.32 Å². The highest BCUT2D eigenvalue weighted by Crippen LogP contribution is 2.18. The van der Waals surface area contributed by atoms with Crippen LogP contribution in [-0.2, 0) is 4.74 Å². The number of nitrogens with one attached hydrogen (secondary N) is 1. The second kappa shape index (κ2) is 4.43. The van der Waals surface area contributed by atoms with E-state index in [-0.39, 0.29) is 12.1 Å². The molecule has 1 amide bonds. The zero-order chi connectivity index (χ0) is 9.84. The van der Waals surface area contributed by atoms with E-state index in [1.54, 1.807) is 0 Å². The smallest absolute Gasteiger partial charge is 0.404 e. The van der Waals surface area contributed by atoms with E-state index in [1.807, 2.05) is 6.92 Å². The minimum absolute atomic E-state index is 0.184. The number of amides is 1. The molecule has 5 nitrogen and oxygen atoms in total. The van der Waals surface area contributed by atoms with Gasteiger partial charge in [-0.3, -0.25) is 0 Å². The minimum atomic E-state index is -1.04. The maximum Gasteiger partial charge on any atom is 0.404 e. The highest BCUT2D eigenvalue weighted by molar-refractivity contribution is 5.64. The lowest BCUT2D eigenvalue weighted by molar-refractivity contribution is 0.0649. The minimum Gasteiger partial charge on any atom is -0.465 e. The lowest BCUT2D eigenvalue weighted by atomic mass is 10.1. The van der Waals surface area contributed by atoms with Crippen LogP contribution in [0.15, 0.2) is 0 Å². The summed E-state index contributed by atoms with van der Waals surface area (Å²) in [7, 11) is 0. The summed E-state index contributed by atoms with van der Waals surface area (Å²) in [5.41, 5.74) is 0. The zero-order valence-corrected chi connectivity index (χ0v) is 7.56. The molecule has 13 heavy (non-hydrogen) atoms. The predicted octanol–water partition coefficient (Wildman–Crippen LogP) is 0.182. The normalized spacial score (nSPS) is 30.0. The summed E-state index contributed by atoms with van der Waals surface area (Å²) in [6, 6.07) is -0.213. The summed E-state index contributed by atoms with van der Waals surface area (Å²) in [6.45, 7) is 2.19. The molecule has 0 aliphatic carbocycles. The first-order valence-corrected chi connectivity index (χ1v) is 4.42. The standard InChI is InChI=1S/C8H15NO4/c1-2-6(9-8(11)12)7-3-5(10)4-13-7/h5-7,9-10H,2-4H2,1H3,(H,11,12)/t5-,6?,7-/m0/s1. The quantitative estimate of drug-likeness (QED) is 0.592. The average molecular weight is 189 g/mol. The van der Waals surface area contributed by atoms with Crippen LogP contribution in [0, 0.1) is 0 Å². The molecule has 1 saturated heterocycles. The Morgan fingerprint density at radius 1 is 1.77 bits per heavy atom. The van der Waals surface area contributed by atoms with E-state index in [0.717, 1.165) is 0 Å². The molecule has 1 unspecified atom stereocenters. The van der Waals surface area contributed by atoms with Gasteiger partial charge < -0.3 is 20.3 Å². The second-order valence-corrected chi connectivity index (χ2v) is 3.23. The molecule has 1 aliphatic heterocycles. The lowest BCUT2D eigenvalue weighted by Crippen LogP contribution is -2.42. The Labute approximate surface area is 76.7 Å². The molecule has 0 spiro atoms. The summed E-state index contributed by atoms with van der Waals surface area (Å²) in [5, 5.41) is 20.1. The number of carboxylic acid groups (broad SMARTS) is 1. The van der Waals surface area contributed by atoms with Crippen molar-refractivity contribution in [3.8, 4) is 0 Å². The average Bonchev–Trinajstić information content (AvgIpc) is 2.47. The van der Waals surface area contributed by atoms with Crippen molar-refractivity contribution in [2.45, 2.75) is 38.0 Å². The van der Waals surface area contributed by atoms with Crippen LogP contribution in [0.1, 0.15) is 19.8 Å². The topological polar surface area (TPSA) is 78.8 Å². The van der Waals surface area contributed by atoms with E-state index in [9.17, 15) is 9.90 Å². The van der Waals surface area contributed by atoms with E-state index in [1.165, 1.54) is 0 Å². The van der Waals surface area contributed by atoms with Gasteiger partial charge in [-0.2, -0.15) is 0 Å². The first kappa shape index (κ1) is 10.3. The Bertz CT molecular complexity index is 185. The Morgan fingerprint density at radius 3 is 2.85 bits per heavy atom. The van der Waals surface area contributed by atoms with Crippen molar-refractivity contribution in [1.29, 1.82) is 0 Å². The fourth-order valence-corrected chi connectivity index (χ4v) is 1.54. The Balaban J connectivity index is 2.42. The summed E-state index contributed by atoms with van der Waals surface area (Å²) >= 11 is 0. The van der Waals surface area contributed by atoms with Crippen LogP contribution in [0.4, 0.5) is 4.79 Å². The Hall–Kier alpha value is -0.810. The molecule has 0 radical (unpaired) electrons. The van der Waals surface area contributed by atoms with Gasteiger partial charge in [0.25, 0.3) is 0 Å². The molecule has 1 aliphatic rings. The Kier molecular flexibility index (Phi) is 3.50. The van der Waals surface area contributed by atoms with Crippen LogP contribution in [0.25, 0.3) is 0 Å². The molecule has 0 bridgehead atoms. The third kappa shape index (κ3) is 2.86. The van der Waals surface area contributed by atoms with Crippen molar-refractivity contribution >= 4 is 6.09 Å². The molecule has 0 aromatic carbocycles. The molecule has 3 atom stereocenters. The summed E-state index contributed by atoms with van der Waals surface area (Å²) in [5.74, 6) is 0. The summed E-state index contributed by atoms with van der Waals surface area (Å²) in [6.07, 6.45) is -0.495. The number of carbonyl (C=O) groups is 1. The first-order valence-electron chi connectivity index (χ1n) is 4.42. The van der Waals surface area contributed by atoms with E-state index >= 15 is 0 Å². The first-order chi connectivity index (χ1) is 6.13. The van der Waals surface area contributed by atoms with Crippen molar-refractivity contribution < 1.29 is 19.7 Å². The zero-order valence-electron chi connectivity index (χ0n) is 7.56. The van der Waals surface area contributed by atoms with Crippen LogP contribution in [0.5, 0.6) is 0 Å².